The van der Waals surface area contributed by atoms with E-state index in [9.17, 15) is 0 Å². The minimum atomic E-state index is 0.625. The van der Waals surface area contributed by atoms with Crippen molar-refractivity contribution < 1.29 is 0 Å². The van der Waals surface area contributed by atoms with Gasteiger partial charge in [-0.15, -0.1) is 6.58 Å². The predicted molar refractivity (Wildman–Crippen MR) is 144 cm³/mol. The molecule has 0 saturated heterocycles. The minimum absolute atomic E-state index is 0.625. The number of aryl methyl sites for hydroxylation is 2. The summed E-state index contributed by atoms with van der Waals surface area (Å²) in [4.78, 5) is 0. The molecule has 0 amide bonds. The summed E-state index contributed by atoms with van der Waals surface area (Å²) in [6, 6.07) is 8.66. The third-order valence-electron chi connectivity index (χ3n) is 4.25. The maximum Gasteiger partial charge on any atom is 0.0314 e. The van der Waals surface area contributed by atoms with E-state index in [1.807, 2.05) is 48.5 Å². The van der Waals surface area contributed by atoms with Gasteiger partial charge in [-0.1, -0.05) is 95.5 Å². The van der Waals surface area contributed by atoms with Crippen LogP contribution in [0.15, 0.2) is 59.7 Å². The molecule has 1 aromatic rings. The van der Waals surface area contributed by atoms with Gasteiger partial charge in [-0.2, -0.15) is 0 Å². The molecule has 174 valence electrons. The fraction of sp³-hybridized carbons (Fsp3) is 0.552. The molecule has 0 aliphatic rings. The highest BCUT2D eigenvalue weighted by Crippen LogP contribution is 2.11. The van der Waals surface area contributed by atoms with Crippen molar-refractivity contribution in [1.82, 2.24) is 0 Å². The lowest BCUT2D eigenvalue weighted by Crippen LogP contribution is -1.94. The van der Waals surface area contributed by atoms with Crippen molar-refractivity contribution in [2.45, 2.75) is 109 Å². The van der Waals surface area contributed by atoms with Crippen LogP contribution < -0.4 is 0 Å². The Balaban J connectivity index is -0.000000157. The first-order valence-electron chi connectivity index (χ1n) is 11.6. The lowest BCUT2D eigenvalue weighted by molar-refractivity contribution is 0.789. The van der Waals surface area contributed by atoms with E-state index in [0.29, 0.717) is 5.71 Å². The molecule has 1 heteroatoms. The molecule has 30 heavy (non-hydrogen) atoms. The molecule has 0 bridgehead atoms. The highest BCUT2D eigenvalue weighted by atomic mass is 14.4. The van der Waals surface area contributed by atoms with Gasteiger partial charge in [0.05, 0.1) is 0 Å². The molecule has 0 spiro atoms. The Bertz CT molecular complexity index is 563. The van der Waals surface area contributed by atoms with Crippen LogP contribution in [0.1, 0.15) is 107 Å². The lowest BCUT2D eigenvalue weighted by Gasteiger charge is -2.04. The van der Waals surface area contributed by atoms with Gasteiger partial charge in [-0.25, -0.2) is 0 Å². The van der Waals surface area contributed by atoms with Crippen LogP contribution in [0, 0.1) is 12.3 Å². The van der Waals surface area contributed by atoms with Crippen LogP contribution in [0.3, 0.4) is 0 Å². The Morgan fingerprint density at radius 2 is 1.23 bits per heavy atom. The summed E-state index contributed by atoms with van der Waals surface area (Å²) < 4.78 is 0. The number of allylic oxidation sites excluding steroid dienone is 4. The SMILES string of the molecule is C=C(C)/C(C)=C(/C)C(C)=N.C=C(C)CCCC.CC.CC.CCc1ccc(C)cc1. The molecule has 0 fully saturated rings. The van der Waals surface area contributed by atoms with Gasteiger partial charge in [0.25, 0.3) is 0 Å². The van der Waals surface area contributed by atoms with Crippen molar-refractivity contribution in [1.29, 1.82) is 5.41 Å². The van der Waals surface area contributed by atoms with Crippen molar-refractivity contribution in [2.24, 2.45) is 0 Å². The highest BCUT2D eigenvalue weighted by molar-refractivity contribution is 5.96. The molecule has 0 aromatic heterocycles. The fourth-order valence-electron chi connectivity index (χ4n) is 1.90. The van der Waals surface area contributed by atoms with E-state index in [4.69, 9.17) is 5.41 Å². The summed E-state index contributed by atoms with van der Waals surface area (Å²) in [7, 11) is 0. The first-order valence-corrected chi connectivity index (χ1v) is 11.6. The summed E-state index contributed by atoms with van der Waals surface area (Å²) in [5.74, 6) is 0. The molecule has 0 atom stereocenters. The van der Waals surface area contributed by atoms with Crippen molar-refractivity contribution in [3.05, 3.63) is 70.8 Å². The van der Waals surface area contributed by atoms with Gasteiger partial charge in [0, 0.05) is 5.71 Å². The Morgan fingerprint density at radius 3 is 1.43 bits per heavy atom. The molecule has 0 aliphatic heterocycles. The van der Waals surface area contributed by atoms with Crippen LogP contribution in [0.25, 0.3) is 0 Å². The Kier molecular flexibility index (Phi) is 29.8. The van der Waals surface area contributed by atoms with E-state index in [2.05, 4.69) is 65.1 Å². The minimum Gasteiger partial charge on any atom is -0.305 e. The Hall–Kier alpha value is -1.89. The summed E-state index contributed by atoms with van der Waals surface area (Å²) in [6.07, 6.45) is 4.93. The van der Waals surface area contributed by atoms with E-state index in [-0.39, 0.29) is 0 Å². The Morgan fingerprint density at radius 1 is 0.800 bits per heavy atom. The Labute approximate surface area is 190 Å². The molecule has 1 rings (SSSR count). The predicted octanol–water partition coefficient (Wildman–Crippen LogP) is 10.3. The molecule has 0 saturated carbocycles. The molecular formula is C29H53N. The van der Waals surface area contributed by atoms with Crippen LogP contribution in [-0.2, 0) is 6.42 Å². The monoisotopic (exact) mass is 415 g/mol. The van der Waals surface area contributed by atoms with Crippen LogP contribution in [0.4, 0.5) is 0 Å². The zero-order chi connectivity index (χ0) is 24.7. The van der Waals surface area contributed by atoms with Gasteiger partial charge in [0.2, 0.25) is 0 Å². The lowest BCUT2D eigenvalue weighted by atomic mass is 10.0. The van der Waals surface area contributed by atoms with Crippen LogP contribution >= 0.6 is 0 Å². The number of hydrogen-bond acceptors (Lipinski definition) is 1. The average Bonchev–Trinajstić information content (AvgIpc) is 2.75. The summed E-state index contributed by atoms with van der Waals surface area (Å²) >= 11 is 0. The van der Waals surface area contributed by atoms with Gasteiger partial charge < -0.3 is 5.41 Å². The second-order valence-corrected chi connectivity index (χ2v) is 7.06. The maximum absolute atomic E-state index is 7.33. The molecule has 0 heterocycles. The van der Waals surface area contributed by atoms with E-state index in [1.54, 1.807) is 6.92 Å². The number of hydrogen-bond donors (Lipinski definition) is 1. The molecule has 0 aliphatic carbocycles. The fourth-order valence-corrected chi connectivity index (χ4v) is 1.90. The summed E-state index contributed by atoms with van der Waals surface area (Å²) in [5.41, 5.74) is 7.90. The average molecular weight is 416 g/mol. The second kappa shape index (κ2) is 25.1. The van der Waals surface area contributed by atoms with Gasteiger partial charge >= 0.3 is 0 Å². The number of rotatable bonds is 6. The van der Waals surface area contributed by atoms with Crippen molar-refractivity contribution in [3.63, 3.8) is 0 Å². The molecular weight excluding hydrogens is 362 g/mol. The zero-order valence-electron chi connectivity index (χ0n) is 22.6. The molecule has 1 nitrogen and oxygen atoms in total. The third kappa shape index (κ3) is 24.1. The van der Waals surface area contributed by atoms with Crippen LogP contribution in [0.2, 0.25) is 0 Å². The number of nitrogens with one attached hydrogen (secondary N) is 1. The van der Waals surface area contributed by atoms with Crippen molar-refractivity contribution in [2.75, 3.05) is 0 Å². The molecule has 1 aromatic carbocycles. The van der Waals surface area contributed by atoms with Crippen molar-refractivity contribution in [3.8, 4) is 0 Å². The quantitative estimate of drug-likeness (QED) is 0.271. The highest BCUT2D eigenvalue weighted by Gasteiger charge is 1.98. The van der Waals surface area contributed by atoms with E-state index < -0.39 is 0 Å². The zero-order valence-corrected chi connectivity index (χ0v) is 22.6. The molecule has 1 N–H and O–H groups in total. The molecule has 0 unspecified atom stereocenters. The normalized spacial score (nSPS) is 9.47. The van der Waals surface area contributed by atoms with Crippen LogP contribution in [0.5, 0.6) is 0 Å². The summed E-state index contributed by atoms with van der Waals surface area (Å²) in [5, 5.41) is 7.33. The van der Waals surface area contributed by atoms with Gasteiger partial charge in [-0.05, 0) is 77.5 Å². The first-order chi connectivity index (χ1) is 14.1. The van der Waals surface area contributed by atoms with E-state index in [0.717, 1.165) is 23.1 Å². The van der Waals surface area contributed by atoms with Crippen LogP contribution in [-0.4, -0.2) is 5.71 Å². The molecule has 0 radical (unpaired) electrons. The van der Waals surface area contributed by atoms with Gasteiger partial charge in [0.15, 0.2) is 0 Å². The number of unbranched alkanes of at least 4 members (excludes halogenated alkanes) is 1. The number of benzene rings is 1. The van der Waals surface area contributed by atoms with E-state index in [1.165, 1.54) is 36.0 Å². The second-order valence-electron chi connectivity index (χ2n) is 7.06. The smallest absolute Gasteiger partial charge is 0.0314 e. The maximum atomic E-state index is 7.33. The topological polar surface area (TPSA) is 23.9 Å². The largest absolute Gasteiger partial charge is 0.305 e. The third-order valence-corrected chi connectivity index (χ3v) is 4.25. The first kappa shape index (κ1) is 35.5. The van der Waals surface area contributed by atoms with Gasteiger partial charge in [0.1, 0.15) is 0 Å². The summed E-state index contributed by atoms with van der Waals surface area (Å²) in [6.45, 7) is 31.9. The van der Waals surface area contributed by atoms with Crippen molar-refractivity contribution >= 4 is 5.71 Å². The standard InChI is InChI=1S/C9H15N.C9H12.C7H14.2C2H6/c1-6(2)7(3)8(4)9(5)10;1-3-9-6-4-8(2)5-7-9;1-4-5-6-7(2)3;2*1-2/h10H,1H2,2-5H3;4-7H,3H2,1-2H3;2,4-6H2,1,3H3;2*1-2H3/b8-7-,10-9?;;;;. The van der Waals surface area contributed by atoms with Gasteiger partial charge in [-0.3, -0.25) is 0 Å². The van der Waals surface area contributed by atoms with E-state index >= 15 is 0 Å².